The molecule has 5 heterocycles. The number of rotatable bonds is 6. The minimum absolute atomic E-state index is 0.00794. The van der Waals surface area contributed by atoms with Crippen LogP contribution < -0.4 is 5.32 Å². The van der Waals surface area contributed by atoms with Gasteiger partial charge in [-0.05, 0) is 51.4 Å². The molecule has 4 aliphatic heterocycles. The average Bonchev–Trinajstić information content (AvgIpc) is 3.45. The van der Waals surface area contributed by atoms with Crippen molar-refractivity contribution in [2.75, 3.05) is 19.6 Å². The highest BCUT2D eigenvalue weighted by Gasteiger charge is 2.45. The fraction of sp³-hybridized carbons (Fsp3) is 0.800. The smallest absolute Gasteiger partial charge is 0.282 e. The van der Waals surface area contributed by atoms with Crippen molar-refractivity contribution in [3.63, 3.8) is 0 Å². The summed E-state index contributed by atoms with van der Waals surface area (Å²) in [5.74, 6) is 1.46. The molecule has 5 fully saturated rings. The lowest BCUT2D eigenvalue weighted by molar-refractivity contribution is 0.0914. The lowest BCUT2D eigenvalue weighted by Gasteiger charge is -2.48. The second kappa shape index (κ2) is 7.44. The molecule has 160 valence electrons. The number of nitrogens with zero attached hydrogens (tertiary/aromatic N) is 3. The summed E-state index contributed by atoms with van der Waals surface area (Å²) in [5.41, 5.74) is 0.423. The van der Waals surface area contributed by atoms with Crippen LogP contribution in [0.3, 0.4) is 0 Å². The van der Waals surface area contributed by atoms with Gasteiger partial charge < -0.3 is 9.84 Å². The van der Waals surface area contributed by atoms with Crippen molar-refractivity contribution >= 4 is 16.0 Å². The van der Waals surface area contributed by atoms with Gasteiger partial charge in [-0.1, -0.05) is 5.16 Å². The maximum atomic E-state index is 13.3. The molecular weight excluding hydrogens is 392 g/mol. The first-order chi connectivity index (χ1) is 13.9. The van der Waals surface area contributed by atoms with Gasteiger partial charge in [0, 0.05) is 56.2 Å². The molecule has 5 aliphatic rings. The highest BCUT2D eigenvalue weighted by atomic mass is 32.2. The summed E-state index contributed by atoms with van der Waals surface area (Å²) in [6, 6.07) is 2.05. The zero-order valence-electron chi connectivity index (χ0n) is 16.9. The molecule has 1 N–H and O–H groups in total. The van der Waals surface area contributed by atoms with E-state index in [0.29, 0.717) is 44.0 Å². The first-order valence-electron chi connectivity index (χ1n) is 10.9. The van der Waals surface area contributed by atoms with Crippen LogP contribution in [0.15, 0.2) is 10.6 Å². The van der Waals surface area contributed by atoms with E-state index >= 15 is 0 Å². The van der Waals surface area contributed by atoms with Gasteiger partial charge in [0.25, 0.3) is 10.2 Å². The minimum Gasteiger partial charge on any atom is -0.360 e. The Bertz CT molecular complexity index is 873. The van der Waals surface area contributed by atoms with Crippen LogP contribution >= 0.6 is 0 Å². The van der Waals surface area contributed by atoms with Gasteiger partial charge in [-0.15, -0.1) is 0 Å². The van der Waals surface area contributed by atoms with Gasteiger partial charge in [-0.3, -0.25) is 4.79 Å². The first kappa shape index (κ1) is 19.7. The second-order valence-electron chi connectivity index (χ2n) is 9.28. The van der Waals surface area contributed by atoms with E-state index in [4.69, 9.17) is 4.52 Å². The molecule has 0 spiro atoms. The number of carbonyl (C=O) groups is 1. The number of ketones is 1. The Balaban J connectivity index is 1.20. The standard InChI is InChI=1S/C20H30N4O4S/c1-13-8-14(9-19(25)18-10-20(28-22-18)15-2-3-15)6-7-23(13)29(26,27)24-12-16-4-5-17(24)11-21-16/h10,13-17,21H,2-9,11-12H2,1H3/t13-,14-,16?,17?/m0/s1. The fourth-order valence-electron chi connectivity index (χ4n) is 5.21. The van der Waals surface area contributed by atoms with Crippen molar-refractivity contribution in [1.29, 1.82) is 0 Å². The van der Waals surface area contributed by atoms with E-state index in [2.05, 4.69) is 10.5 Å². The summed E-state index contributed by atoms with van der Waals surface area (Å²) in [5, 5.41) is 7.37. The molecule has 2 bridgehead atoms. The van der Waals surface area contributed by atoms with E-state index < -0.39 is 10.2 Å². The lowest BCUT2D eigenvalue weighted by atomic mass is 9.88. The van der Waals surface area contributed by atoms with Crippen LogP contribution in [0, 0.1) is 5.92 Å². The predicted molar refractivity (Wildman–Crippen MR) is 107 cm³/mol. The van der Waals surface area contributed by atoms with Crippen LogP contribution in [-0.4, -0.2) is 65.7 Å². The molecule has 1 aromatic heterocycles. The summed E-state index contributed by atoms with van der Waals surface area (Å²) in [6.45, 7) is 3.78. The Morgan fingerprint density at radius 3 is 2.69 bits per heavy atom. The van der Waals surface area contributed by atoms with Gasteiger partial charge in [-0.2, -0.15) is 17.0 Å². The fourth-order valence-corrected chi connectivity index (χ4v) is 7.28. The molecule has 8 nitrogen and oxygen atoms in total. The van der Waals surface area contributed by atoms with E-state index in [9.17, 15) is 13.2 Å². The van der Waals surface area contributed by atoms with Gasteiger partial charge in [-0.25, -0.2) is 0 Å². The van der Waals surface area contributed by atoms with Crippen LogP contribution in [0.5, 0.6) is 0 Å². The third-order valence-corrected chi connectivity index (χ3v) is 9.26. The number of carbonyl (C=O) groups excluding carboxylic acids is 1. The number of hydrogen-bond acceptors (Lipinski definition) is 6. The number of aromatic nitrogens is 1. The zero-order valence-corrected chi connectivity index (χ0v) is 17.7. The third-order valence-electron chi connectivity index (χ3n) is 7.08. The number of fused-ring (bicyclic) bond motifs is 3. The van der Waals surface area contributed by atoms with E-state index in [-0.39, 0.29) is 29.8 Å². The van der Waals surface area contributed by atoms with E-state index in [1.807, 2.05) is 6.92 Å². The normalized spacial score (nSPS) is 33.8. The summed E-state index contributed by atoms with van der Waals surface area (Å²) in [7, 11) is -3.45. The van der Waals surface area contributed by atoms with Gasteiger partial charge in [0.05, 0.1) is 0 Å². The van der Waals surface area contributed by atoms with E-state index in [1.54, 1.807) is 14.7 Å². The zero-order chi connectivity index (χ0) is 20.2. The summed E-state index contributed by atoms with van der Waals surface area (Å²) >= 11 is 0. The van der Waals surface area contributed by atoms with E-state index in [1.165, 1.54) is 0 Å². The van der Waals surface area contributed by atoms with Crippen molar-refractivity contribution in [3.05, 3.63) is 17.5 Å². The van der Waals surface area contributed by atoms with Crippen LogP contribution in [0.1, 0.15) is 74.0 Å². The number of piperidine rings is 3. The Morgan fingerprint density at radius 1 is 1.24 bits per heavy atom. The molecule has 1 aliphatic carbocycles. The molecule has 2 unspecified atom stereocenters. The van der Waals surface area contributed by atoms with Gasteiger partial charge in [0.1, 0.15) is 11.5 Å². The van der Waals surface area contributed by atoms with Crippen molar-refractivity contribution in [2.45, 2.75) is 75.9 Å². The van der Waals surface area contributed by atoms with Crippen molar-refractivity contribution in [2.24, 2.45) is 5.92 Å². The first-order valence-corrected chi connectivity index (χ1v) is 12.3. The maximum Gasteiger partial charge on any atom is 0.282 e. The van der Waals surface area contributed by atoms with Crippen LogP contribution in [0.4, 0.5) is 0 Å². The van der Waals surface area contributed by atoms with Crippen LogP contribution in [-0.2, 0) is 10.2 Å². The molecule has 0 radical (unpaired) electrons. The Kier molecular flexibility index (Phi) is 5.04. The molecule has 1 saturated carbocycles. The summed E-state index contributed by atoms with van der Waals surface area (Å²) < 4.78 is 35.3. The Hall–Kier alpha value is -1.29. The second-order valence-corrected chi connectivity index (χ2v) is 11.1. The Labute approximate surface area is 172 Å². The van der Waals surface area contributed by atoms with Crippen molar-refractivity contribution in [1.82, 2.24) is 19.1 Å². The third kappa shape index (κ3) is 3.78. The SMILES string of the molecule is C[C@H]1C[C@@H](CC(=O)c2cc(C3CC3)on2)CCN1S(=O)(=O)N1CC2CCC1CN2. The molecule has 1 aromatic rings. The highest BCUT2D eigenvalue weighted by Crippen LogP contribution is 2.40. The number of hydrogen-bond donors (Lipinski definition) is 1. The van der Waals surface area contributed by atoms with Gasteiger partial charge >= 0.3 is 0 Å². The average molecular weight is 423 g/mol. The quantitative estimate of drug-likeness (QED) is 0.704. The Morgan fingerprint density at radius 2 is 2.07 bits per heavy atom. The molecule has 6 rings (SSSR count). The minimum atomic E-state index is -3.45. The van der Waals surface area contributed by atoms with Crippen molar-refractivity contribution < 1.29 is 17.7 Å². The monoisotopic (exact) mass is 422 g/mol. The number of piperazine rings is 1. The summed E-state index contributed by atoms with van der Waals surface area (Å²) in [4.78, 5) is 12.6. The molecule has 4 atom stereocenters. The molecule has 0 aromatic carbocycles. The predicted octanol–water partition coefficient (Wildman–Crippen LogP) is 1.91. The van der Waals surface area contributed by atoms with Crippen molar-refractivity contribution in [3.8, 4) is 0 Å². The maximum absolute atomic E-state index is 13.3. The molecular formula is C20H30N4O4S. The van der Waals surface area contributed by atoms with Crippen LogP contribution in [0.2, 0.25) is 0 Å². The van der Waals surface area contributed by atoms with Gasteiger partial charge in [0.15, 0.2) is 5.78 Å². The molecule has 0 amide bonds. The molecule has 9 heteroatoms. The topological polar surface area (TPSA) is 95.8 Å². The highest BCUT2D eigenvalue weighted by molar-refractivity contribution is 7.86. The number of nitrogens with one attached hydrogen (secondary N) is 1. The molecule has 4 saturated heterocycles. The summed E-state index contributed by atoms with van der Waals surface area (Å²) in [6.07, 6.45) is 6.05. The van der Waals surface area contributed by atoms with Gasteiger partial charge in [0.2, 0.25) is 0 Å². The lowest BCUT2D eigenvalue weighted by Crippen LogP contribution is -2.65. The molecule has 29 heavy (non-hydrogen) atoms. The van der Waals surface area contributed by atoms with Crippen LogP contribution in [0.25, 0.3) is 0 Å². The largest absolute Gasteiger partial charge is 0.360 e. The van der Waals surface area contributed by atoms with E-state index in [0.717, 1.165) is 38.0 Å². The number of Topliss-reactive ketones (excluding diaryl/α,β-unsaturated/α-hetero) is 1.